The van der Waals surface area contributed by atoms with Crippen molar-refractivity contribution in [3.05, 3.63) is 22.7 Å². The Morgan fingerprint density at radius 2 is 2.29 bits per heavy atom. The molecule has 0 unspecified atom stereocenters. The summed E-state index contributed by atoms with van der Waals surface area (Å²) in [6.07, 6.45) is 5.70. The lowest BCUT2D eigenvalue weighted by molar-refractivity contribution is 0.571. The maximum absolute atomic E-state index is 12.3. The molecule has 1 aromatic heterocycles. The first kappa shape index (κ1) is 12.4. The zero-order chi connectivity index (χ0) is 12.4. The van der Waals surface area contributed by atoms with Crippen LogP contribution in [0.15, 0.2) is 17.2 Å². The van der Waals surface area contributed by atoms with E-state index in [2.05, 4.69) is 4.98 Å². The Labute approximate surface area is 106 Å². The van der Waals surface area contributed by atoms with Gasteiger partial charge in [0.05, 0.1) is 0 Å². The standard InChI is InChI=1S/C12H18ClN3O/c1-9(2)15-8-6-14-11(12(15)17)16(7-5-13)10-3-4-10/h6,8-10H,3-5,7H2,1-2H3. The Kier molecular flexibility index (Phi) is 3.72. The van der Waals surface area contributed by atoms with Crippen molar-refractivity contribution in [2.45, 2.75) is 38.8 Å². The largest absolute Gasteiger partial charge is 0.348 e. The monoisotopic (exact) mass is 255 g/mol. The predicted octanol–water partition coefficient (Wildman–Crippen LogP) is 2.03. The minimum absolute atomic E-state index is 0.0143. The lowest BCUT2D eigenvalue weighted by Gasteiger charge is -2.22. The van der Waals surface area contributed by atoms with E-state index in [4.69, 9.17) is 11.6 Å². The van der Waals surface area contributed by atoms with Crippen LogP contribution in [0, 0.1) is 0 Å². The van der Waals surface area contributed by atoms with Gasteiger partial charge in [0, 0.05) is 36.9 Å². The van der Waals surface area contributed by atoms with E-state index in [0.29, 0.717) is 24.3 Å². The molecule has 0 aliphatic heterocycles. The van der Waals surface area contributed by atoms with Gasteiger partial charge in [-0.3, -0.25) is 4.79 Å². The van der Waals surface area contributed by atoms with Crippen molar-refractivity contribution in [3.63, 3.8) is 0 Å². The van der Waals surface area contributed by atoms with Gasteiger partial charge in [-0.25, -0.2) is 4.98 Å². The van der Waals surface area contributed by atoms with E-state index >= 15 is 0 Å². The molecule has 1 aromatic rings. The van der Waals surface area contributed by atoms with Crippen LogP contribution in [0.3, 0.4) is 0 Å². The number of aromatic nitrogens is 2. The Balaban J connectivity index is 2.36. The van der Waals surface area contributed by atoms with Crippen LogP contribution in [0.2, 0.25) is 0 Å². The summed E-state index contributed by atoms with van der Waals surface area (Å²) in [5.41, 5.74) is -0.0143. The highest BCUT2D eigenvalue weighted by molar-refractivity contribution is 6.18. The molecule has 0 atom stereocenters. The third-order valence-electron chi connectivity index (χ3n) is 2.99. The summed E-state index contributed by atoms with van der Waals surface area (Å²) in [6, 6.07) is 0.610. The lowest BCUT2D eigenvalue weighted by atomic mass is 10.3. The highest BCUT2D eigenvalue weighted by atomic mass is 35.5. The topological polar surface area (TPSA) is 38.1 Å². The second kappa shape index (κ2) is 5.08. The van der Waals surface area contributed by atoms with Gasteiger partial charge in [-0.15, -0.1) is 11.6 Å². The molecule has 0 saturated heterocycles. The van der Waals surface area contributed by atoms with Gasteiger partial charge in [0.25, 0.3) is 5.56 Å². The van der Waals surface area contributed by atoms with Crippen molar-refractivity contribution in [2.24, 2.45) is 0 Å². The van der Waals surface area contributed by atoms with E-state index in [9.17, 15) is 4.79 Å². The molecule has 0 radical (unpaired) electrons. The zero-order valence-corrected chi connectivity index (χ0v) is 11.0. The van der Waals surface area contributed by atoms with E-state index in [-0.39, 0.29) is 11.6 Å². The molecule has 5 heteroatoms. The number of nitrogens with zero attached hydrogens (tertiary/aromatic N) is 3. The van der Waals surface area contributed by atoms with Gasteiger partial charge in [-0.05, 0) is 26.7 Å². The summed E-state index contributed by atoms with van der Waals surface area (Å²) in [5, 5.41) is 0. The second-order valence-electron chi connectivity index (χ2n) is 4.67. The van der Waals surface area contributed by atoms with Crippen molar-refractivity contribution in [3.8, 4) is 0 Å². The maximum atomic E-state index is 12.3. The molecule has 94 valence electrons. The number of halogens is 1. The molecular weight excluding hydrogens is 238 g/mol. The van der Waals surface area contributed by atoms with Crippen LogP contribution >= 0.6 is 11.6 Å². The van der Waals surface area contributed by atoms with Crippen molar-refractivity contribution in [2.75, 3.05) is 17.3 Å². The quantitative estimate of drug-likeness (QED) is 0.756. The van der Waals surface area contributed by atoms with Gasteiger partial charge >= 0.3 is 0 Å². The number of anilines is 1. The van der Waals surface area contributed by atoms with E-state index < -0.39 is 0 Å². The van der Waals surface area contributed by atoms with Crippen LogP contribution in [0.4, 0.5) is 5.82 Å². The molecule has 2 rings (SSSR count). The zero-order valence-electron chi connectivity index (χ0n) is 10.3. The number of hydrogen-bond acceptors (Lipinski definition) is 3. The lowest BCUT2D eigenvalue weighted by Crippen LogP contribution is -2.36. The maximum Gasteiger partial charge on any atom is 0.293 e. The summed E-state index contributed by atoms with van der Waals surface area (Å²) in [4.78, 5) is 18.6. The Bertz CT molecular complexity index is 440. The fourth-order valence-electron chi connectivity index (χ4n) is 1.96. The predicted molar refractivity (Wildman–Crippen MR) is 70.0 cm³/mol. The molecule has 1 heterocycles. The Morgan fingerprint density at radius 3 is 2.82 bits per heavy atom. The van der Waals surface area contributed by atoms with Crippen molar-refractivity contribution < 1.29 is 0 Å². The number of rotatable bonds is 5. The van der Waals surface area contributed by atoms with Gasteiger partial charge in [-0.1, -0.05) is 0 Å². The van der Waals surface area contributed by atoms with Crippen LogP contribution in [0.5, 0.6) is 0 Å². The van der Waals surface area contributed by atoms with Crippen molar-refractivity contribution in [1.29, 1.82) is 0 Å². The summed E-state index contributed by atoms with van der Waals surface area (Å²) in [6.45, 7) is 4.68. The van der Waals surface area contributed by atoms with Crippen LogP contribution in [0.25, 0.3) is 0 Å². The molecule has 0 amide bonds. The third-order valence-corrected chi connectivity index (χ3v) is 3.16. The first-order valence-electron chi connectivity index (χ1n) is 6.05. The molecule has 1 fully saturated rings. The molecule has 0 N–H and O–H groups in total. The van der Waals surface area contributed by atoms with E-state index in [0.717, 1.165) is 12.8 Å². The van der Waals surface area contributed by atoms with Crippen molar-refractivity contribution in [1.82, 2.24) is 9.55 Å². The molecule has 0 bridgehead atoms. The van der Waals surface area contributed by atoms with Crippen LogP contribution in [-0.4, -0.2) is 28.0 Å². The number of alkyl halides is 1. The molecule has 1 aliphatic carbocycles. The first-order valence-corrected chi connectivity index (χ1v) is 6.58. The average Bonchev–Trinajstić information content (AvgIpc) is 3.10. The van der Waals surface area contributed by atoms with Gasteiger partial charge in [-0.2, -0.15) is 0 Å². The Hall–Kier alpha value is -1.03. The smallest absolute Gasteiger partial charge is 0.293 e. The first-order chi connectivity index (χ1) is 8.15. The summed E-state index contributed by atoms with van der Waals surface area (Å²) in [7, 11) is 0. The van der Waals surface area contributed by atoms with Gasteiger partial charge in [0.15, 0.2) is 5.82 Å². The average molecular weight is 256 g/mol. The minimum atomic E-state index is -0.0143. The van der Waals surface area contributed by atoms with Crippen LogP contribution in [-0.2, 0) is 0 Å². The molecule has 0 aromatic carbocycles. The fourth-order valence-corrected chi connectivity index (χ4v) is 2.14. The normalized spacial score (nSPS) is 15.3. The van der Waals surface area contributed by atoms with Gasteiger partial charge in [0.2, 0.25) is 0 Å². The van der Waals surface area contributed by atoms with E-state index in [1.807, 2.05) is 18.7 Å². The molecule has 17 heavy (non-hydrogen) atoms. The molecule has 0 spiro atoms. The molecule has 1 aliphatic rings. The van der Waals surface area contributed by atoms with Crippen LogP contribution in [0.1, 0.15) is 32.7 Å². The van der Waals surface area contributed by atoms with Gasteiger partial charge < -0.3 is 9.47 Å². The third kappa shape index (κ3) is 2.63. The summed E-state index contributed by atoms with van der Waals surface area (Å²) >= 11 is 5.79. The fraction of sp³-hybridized carbons (Fsp3) is 0.667. The van der Waals surface area contributed by atoms with Crippen molar-refractivity contribution >= 4 is 17.4 Å². The summed E-state index contributed by atoms with van der Waals surface area (Å²) < 4.78 is 1.71. The second-order valence-corrected chi connectivity index (χ2v) is 5.05. The minimum Gasteiger partial charge on any atom is -0.348 e. The number of hydrogen-bond donors (Lipinski definition) is 0. The van der Waals surface area contributed by atoms with E-state index in [1.165, 1.54) is 0 Å². The molecule has 1 saturated carbocycles. The molecule has 4 nitrogen and oxygen atoms in total. The molecular formula is C12H18ClN3O. The Morgan fingerprint density at radius 1 is 1.59 bits per heavy atom. The van der Waals surface area contributed by atoms with Crippen LogP contribution < -0.4 is 10.5 Å². The highest BCUT2D eigenvalue weighted by Crippen LogP contribution is 2.28. The van der Waals surface area contributed by atoms with Gasteiger partial charge in [0.1, 0.15) is 0 Å². The highest BCUT2D eigenvalue weighted by Gasteiger charge is 2.31. The van der Waals surface area contributed by atoms with E-state index in [1.54, 1.807) is 17.0 Å². The summed E-state index contributed by atoms with van der Waals surface area (Å²) in [5.74, 6) is 1.07. The SMILES string of the molecule is CC(C)n1ccnc(N(CCCl)C2CC2)c1=O.